The van der Waals surface area contributed by atoms with Crippen molar-refractivity contribution in [1.29, 1.82) is 0 Å². The van der Waals surface area contributed by atoms with E-state index < -0.39 is 82.8 Å². The van der Waals surface area contributed by atoms with Gasteiger partial charge in [-0.3, -0.25) is 58.1 Å². The van der Waals surface area contributed by atoms with Gasteiger partial charge in [0.25, 0.3) is 23.6 Å². The van der Waals surface area contributed by atoms with Crippen molar-refractivity contribution in [2.75, 3.05) is 18.4 Å². The molecule has 4 heterocycles. The fraction of sp³-hybridized carbons (Fsp3) is 0.638. The topological polar surface area (TPSA) is 304 Å². The highest BCUT2D eigenvalue weighted by atomic mass is 16.2. The molecule has 7 N–H and O–H groups in total. The van der Waals surface area contributed by atoms with Crippen LogP contribution in [0.3, 0.4) is 0 Å². The molecule has 5 fully saturated rings. The van der Waals surface area contributed by atoms with Crippen molar-refractivity contribution in [1.82, 2.24) is 51.7 Å². The van der Waals surface area contributed by atoms with Crippen LogP contribution in [0.5, 0.6) is 0 Å². The molecule has 3 aliphatic carbocycles. The first-order valence-corrected chi connectivity index (χ1v) is 29.1. The van der Waals surface area contributed by atoms with E-state index in [1.807, 2.05) is 27.7 Å². The molecule has 0 radical (unpaired) electrons. The maximum atomic E-state index is 14.9. The lowest BCUT2D eigenvalue weighted by atomic mass is 9.82. The molecule has 6 aliphatic rings. The summed E-state index contributed by atoms with van der Waals surface area (Å²) in [5.74, 6) is -5.74. The number of carbonyl (C=O) groups is 11. The van der Waals surface area contributed by atoms with Gasteiger partial charge in [-0.1, -0.05) is 85.1 Å². The van der Waals surface area contributed by atoms with E-state index in [0.29, 0.717) is 62.0 Å². The monoisotopic (exact) mass is 1110 g/mol. The SMILES string of the molecule is CCC[C@H](NC(=O)[C@@H]1C2CCC[C@H]2CN1C(=O)[C@@H](NC(=O)[C@@H](NC(=O)c1cnc(C(=O)NCCCCCCCC(=O)Nc2cccc3c2CN(C2CCC(=O)NC2=O)C3=O)cn1)C1CCCCC1)C(C)(C)C)C(=O)C(=O)NC1CC1. The van der Waals surface area contributed by atoms with Gasteiger partial charge in [-0.15, -0.1) is 0 Å². The van der Waals surface area contributed by atoms with E-state index in [4.69, 9.17) is 0 Å². The third kappa shape index (κ3) is 14.4. The lowest BCUT2D eigenvalue weighted by Gasteiger charge is -2.38. The third-order valence-electron chi connectivity index (χ3n) is 16.7. The molecule has 8 rings (SSSR count). The first-order valence-electron chi connectivity index (χ1n) is 29.1. The van der Waals surface area contributed by atoms with Crippen LogP contribution in [-0.4, -0.2) is 134 Å². The number of rotatable bonds is 24. The van der Waals surface area contributed by atoms with Crippen molar-refractivity contribution in [2.45, 2.75) is 199 Å². The predicted octanol–water partition coefficient (Wildman–Crippen LogP) is 3.92. The predicted molar refractivity (Wildman–Crippen MR) is 292 cm³/mol. The zero-order valence-corrected chi connectivity index (χ0v) is 46.6. The Morgan fingerprint density at radius 3 is 2.19 bits per heavy atom. The number of hydrogen-bond donors (Lipinski definition) is 7. The summed E-state index contributed by atoms with van der Waals surface area (Å²) in [7, 11) is 0. The van der Waals surface area contributed by atoms with Crippen LogP contribution in [0.25, 0.3) is 0 Å². The summed E-state index contributed by atoms with van der Waals surface area (Å²) >= 11 is 0. The Kier molecular flexibility index (Phi) is 19.5. The smallest absolute Gasteiger partial charge is 0.289 e. The lowest BCUT2D eigenvalue weighted by molar-refractivity contribution is -0.146. The summed E-state index contributed by atoms with van der Waals surface area (Å²) in [6, 6.07) is 0.233. The quantitative estimate of drug-likeness (QED) is 0.0446. The average Bonchev–Trinajstić information content (AvgIpc) is 3.84. The number of likely N-dealkylation sites (tertiary alicyclic amines) is 1. The standard InChI is InChI=1S/C58H79N11O11/c1-5-16-40(48(72)55(78)62-35-24-25-35)64-54(77)47-36-20-14-19-34(36)31-69(47)57(80)49(58(2,3)4)67-53(76)46(33-17-10-9-11-18-33)66-51(74)42-30-60-41(29-61-42)50(73)59-28-13-8-6-7-12-23-44(70)63-39-22-15-21-37-38(39)32-68(56(37)79)43-26-27-45(71)65-52(43)75/h15,21-22,29-30,33-36,40,43,46-47,49H,5-14,16-20,23-28,31-32H2,1-4H3,(H,59,73)(H,62,78)(H,63,70)(H,64,77)(H,66,74)(H,67,76)(H,65,71,75)/t34-,36?,40-,43?,46-,47-,49+/m0/s1. The van der Waals surface area contributed by atoms with Crippen LogP contribution >= 0.6 is 0 Å². The van der Waals surface area contributed by atoms with Crippen LogP contribution in [-0.2, 0) is 44.9 Å². The van der Waals surface area contributed by atoms with Crippen LogP contribution in [0.15, 0.2) is 30.6 Å². The Hall–Kier alpha value is -7.13. The van der Waals surface area contributed by atoms with Gasteiger partial charge in [-0.05, 0) is 99.5 Å². The number of amides is 10. The molecular formula is C58H79N11O11. The second kappa shape index (κ2) is 26.4. The fourth-order valence-corrected chi connectivity index (χ4v) is 12.2. The zero-order chi connectivity index (χ0) is 57.3. The second-order valence-electron chi connectivity index (χ2n) is 23.7. The van der Waals surface area contributed by atoms with Gasteiger partial charge in [-0.25, -0.2) is 9.97 Å². The average molecular weight is 1110 g/mol. The minimum Gasteiger partial charge on any atom is -0.351 e. The van der Waals surface area contributed by atoms with Crippen LogP contribution < -0.4 is 37.2 Å². The number of ketones is 1. The summed E-state index contributed by atoms with van der Waals surface area (Å²) in [4.78, 5) is 158. The van der Waals surface area contributed by atoms with E-state index in [2.05, 4.69) is 47.2 Å². The highest BCUT2D eigenvalue weighted by molar-refractivity contribution is 6.38. The number of hydrogen-bond acceptors (Lipinski definition) is 13. The van der Waals surface area contributed by atoms with Crippen LogP contribution in [0, 0.1) is 23.2 Å². The number of anilines is 1. The first kappa shape index (κ1) is 59.0. The Labute approximate surface area is 467 Å². The van der Waals surface area contributed by atoms with Gasteiger partial charge in [0.05, 0.1) is 18.4 Å². The van der Waals surface area contributed by atoms with Crippen LogP contribution in [0.1, 0.15) is 193 Å². The molecule has 80 heavy (non-hydrogen) atoms. The summed E-state index contributed by atoms with van der Waals surface area (Å²) < 4.78 is 0. The molecule has 3 saturated carbocycles. The molecular weight excluding hydrogens is 1030 g/mol. The number of nitrogens with zero attached hydrogens (tertiary/aromatic N) is 4. The van der Waals surface area contributed by atoms with Crippen LogP contribution in [0.4, 0.5) is 5.69 Å². The number of imide groups is 1. The second-order valence-corrected chi connectivity index (χ2v) is 23.7. The normalized spacial score (nSPS) is 22.0. The largest absolute Gasteiger partial charge is 0.351 e. The number of aromatic nitrogens is 2. The van der Waals surface area contributed by atoms with Crippen molar-refractivity contribution < 1.29 is 52.7 Å². The molecule has 2 saturated heterocycles. The van der Waals surface area contributed by atoms with Crippen molar-refractivity contribution in [3.63, 3.8) is 0 Å². The lowest BCUT2D eigenvalue weighted by Crippen LogP contribution is -2.62. The fourth-order valence-electron chi connectivity index (χ4n) is 12.2. The molecule has 0 spiro atoms. The zero-order valence-electron chi connectivity index (χ0n) is 46.6. The maximum absolute atomic E-state index is 14.9. The summed E-state index contributed by atoms with van der Waals surface area (Å²) in [5, 5.41) is 19.5. The van der Waals surface area contributed by atoms with E-state index in [-0.39, 0.29) is 85.1 Å². The number of carbonyl (C=O) groups excluding carboxylic acids is 11. The first-order chi connectivity index (χ1) is 38.3. The molecule has 22 heteroatoms. The van der Waals surface area contributed by atoms with E-state index in [1.54, 1.807) is 23.1 Å². The van der Waals surface area contributed by atoms with Gasteiger partial charge < -0.3 is 41.7 Å². The molecule has 3 aliphatic heterocycles. The summed E-state index contributed by atoms with van der Waals surface area (Å²) in [5.41, 5.74) is 0.643. The minimum atomic E-state index is -1.09. The van der Waals surface area contributed by atoms with Gasteiger partial charge in [0.2, 0.25) is 41.2 Å². The summed E-state index contributed by atoms with van der Waals surface area (Å²) in [6.45, 7) is 8.18. The maximum Gasteiger partial charge on any atom is 0.289 e. The highest BCUT2D eigenvalue weighted by Gasteiger charge is 2.53. The van der Waals surface area contributed by atoms with Crippen molar-refractivity contribution in [3.8, 4) is 0 Å². The van der Waals surface area contributed by atoms with Gasteiger partial charge in [-0.2, -0.15) is 0 Å². The number of Topliss-reactive ketones (excluding diaryl/α,β-unsaturated/α-hetero) is 1. The molecule has 10 amide bonds. The van der Waals surface area contributed by atoms with Gasteiger partial charge in [0.1, 0.15) is 35.6 Å². The van der Waals surface area contributed by atoms with Crippen LogP contribution in [0.2, 0.25) is 0 Å². The number of piperidine rings is 1. The Bertz CT molecular complexity index is 2700. The minimum absolute atomic E-state index is 0.00219. The molecule has 0 bridgehead atoms. The molecule has 7 atom stereocenters. The number of nitrogens with one attached hydrogen (secondary N) is 7. The molecule has 1 aromatic carbocycles. The van der Waals surface area contributed by atoms with E-state index in [0.717, 1.165) is 70.6 Å². The number of unbranched alkanes of at least 4 members (excludes halogenated alkanes) is 4. The van der Waals surface area contributed by atoms with E-state index in [9.17, 15) is 52.7 Å². The Balaban J connectivity index is 0.797. The Morgan fingerprint density at radius 2 is 1.50 bits per heavy atom. The highest BCUT2D eigenvalue weighted by Crippen LogP contribution is 2.43. The van der Waals surface area contributed by atoms with Gasteiger partial charge >= 0.3 is 0 Å². The number of benzene rings is 1. The van der Waals surface area contributed by atoms with E-state index >= 15 is 0 Å². The summed E-state index contributed by atoms with van der Waals surface area (Å²) in [6.07, 6.45) is 15.6. The molecule has 22 nitrogen and oxygen atoms in total. The molecule has 1 aromatic heterocycles. The van der Waals surface area contributed by atoms with E-state index in [1.165, 1.54) is 17.3 Å². The third-order valence-corrected chi connectivity index (χ3v) is 16.7. The van der Waals surface area contributed by atoms with Crippen molar-refractivity contribution in [3.05, 3.63) is 53.1 Å². The molecule has 2 unspecified atom stereocenters. The van der Waals surface area contributed by atoms with Gasteiger partial charge in [0, 0.05) is 55.3 Å². The molecule has 2 aromatic rings. The van der Waals surface area contributed by atoms with Gasteiger partial charge in [0.15, 0.2) is 0 Å². The number of fused-ring (bicyclic) bond motifs is 2. The molecule has 432 valence electrons. The Morgan fingerprint density at radius 1 is 0.787 bits per heavy atom. The van der Waals surface area contributed by atoms with Crippen molar-refractivity contribution in [2.24, 2.45) is 23.2 Å². The van der Waals surface area contributed by atoms with Crippen molar-refractivity contribution >= 4 is 70.5 Å².